The minimum absolute atomic E-state index is 0.0634. The predicted octanol–water partition coefficient (Wildman–Crippen LogP) is 2.48. The topological polar surface area (TPSA) is 148 Å². The molecular weight excluding hydrogens is 491 g/mol. The molecular formula is C24H26F3N7O3. The summed E-state index contributed by atoms with van der Waals surface area (Å²) in [7, 11) is 0. The van der Waals surface area contributed by atoms with E-state index in [1.165, 1.54) is 12.4 Å². The minimum Gasteiger partial charge on any atom is -0.380 e. The summed E-state index contributed by atoms with van der Waals surface area (Å²) in [6.07, 6.45) is -1.71. The summed E-state index contributed by atoms with van der Waals surface area (Å²) in [6.45, 7) is 0.365. The lowest BCUT2D eigenvalue weighted by Crippen LogP contribution is -2.54. The van der Waals surface area contributed by atoms with E-state index in [4.69, 9.17) is 5.26 Å². The van der Waals surface area contributed by atoms with Gasteiger partial charge in [-0.05, 0) is 57.4 Å². The number of halogens is 3. The summed E-state index contributed by atoms with van der Waals surface area (Å²) in [5.74, 6) is -0.804. The molecule has 3 fully saturated rings. The maximum Gasteiger partial charge on any atom is 0.417 e. The number of nitrogens with one attached hydrogen (secondary N) is 2. The van der Waals surface area contributed by atoms with Gasteiger partial charge >= 0.3 is 6.18 Å². The first-order chi connectivity index (χ1) is 17.5. The minimum atomic E-state index is -4.68. The van der Waals surface area contributed by atoms with Crippen LogP contribution >= 0.6 is 0 Å². The molecule has 0 radical (unpaired) electrons. The van der Waals surface area contributed by atoms with Crippen LogP contribution in [0.2, 0.25) is 0 Å². The Bertz CT molecular complexity index is 1240. The van der Waals surface area contributed by atoms with Gasteiger partial charge in [-0.3, -0.25) is 14.7 Å². The van der Waals surface area contributed by atoms with Gasteiger partial charge in [-0.2, -0.15) is 23.5 Å². The van der Waals surface area contributed by atoms with Crippen LogP contribution in [0.3, 0.4) is 0 Å². The van der Waals surface area contributed by atoms with Crippen LogP contribution in [-0.2, 0) is 4.79 Å². The van der Waals surface area contributed by atoms with Crippen molar-refractivity contribution < 1.29 is 27.9 Å². The zero-order valence-electron chi connectivity index (χ0n) is 19.9. The second kappa shape index (κ2) is 9.09. The second-order valence-electron chi connectivity index (χ2n) is 10.3. The highest BCUT2D eigenvalue weighted by molar-refractivity contribution is 5.94. The van der Waals surface area contributed by atoms with Crippen molar-refractivity contribution in [2.24, 2.45) is 5.92 Å². The largest absolute Gasteiger partial charge is 0.417 e. The molecule has 1 atom stereocenters. The quantitative estimate of drug-likeness (QED) is 0.564. The molecule has 1 aliphatic heterocycles. The zero-order valence-corrected chi connectivity index (χ0v) is 19.9. The molecule has 0 aromatic carbocycles. The zero-order chi connectivity index (χ0) is 26.4. The average Bonchev–Trinajstić information content (AvgIpc) is 3.45. The van der Waals surface area contributed by atoms with Gasteiger partial charge in [-0.25, -0.2) is 9.97 Å². The fraction of sp³-hybridized carbons (Fsp3) is 0.583. The van der Waals surface area contributed by atoms with Crippen LogP contribution in [0, 0.1) is 17.2 Å². The highest BCUT2D eigenvalue weighted by atomic mass is 19.4. The fourth-order valence-electron chi connectivity index (χ4n) is 5.46. The van der Waals surface area contributed by atoms with Crippen LogP contribution in [0.4, 0.5) is 13.2 Å². The number of hydrogen-bond acceptors (Lipinski definition) is 7. The summed E-state index contributed by atoms with van der Waals surface area (Å²) < 4.78 is 39.1. The van der Waals surface area contributed by atoms with Gasteiger partial charge in [0.1, 0.15) is 18.1 Å². The summed E-state index contributed by atoms with van der Waals surface area (Å²) in [5, 5.41) is 28.7. The SMILES string of the molecule is N#Cc1cc(-c2cc(C(=O)N3CC[C@@H](C(=O)NC4CCC(O)(C(F)(F)F)CC4)CC34CC4)n[nH]2)ncn1. The van der Waals surface area contributed by atoms with Crippen molar-refractivity contribution in [3.8, 4) is 17.5 Å². The number of aromatic nitrogens is 4. The number of amides is 2. The molecule has 10 nitrogen and oxygen atoms in total. The molecule has 1 saturated heterocycles. The number of hydrogen-bond donors (Lipinski definition) is 3. The molecule has 2 aromatic rings. The number of carbonyl (C=O) groups is 2. The van der Waals surface area contributed by atoms with Crippen LogP contribution in [0.1, 0.15) is 67.5 Å². The third-order valence-electron chi connectivity index (χ3n) is 7.88. The molecule has 2 amide bonds. The maximum atomic E-state index is 13.3. The molecule has 5 rings (SSSR count). The number of rotatable bonds is 4. The van der Waals surface area contributed by atoms with E-state index in [-0.39, 0.29) is 42.0 Å². The van der Waals surface area contributed by atoms with Crippen molar-refractivity contribution in [1.82, 2.24) is 30.4 Å². The molecule has 3 aliphatic rings. The summed E-state index contributed by atoms with van der Waals surface area (Å²) in [4.78, 5) is 36.0. The van der Waals surface area contributed by atoms with Gasteiger partial charge in [0.2, 0.25) is 5.91 Å². The molecule has 3 N–H and O–H groups in total. The van der Waals surface area contributed by atoms with Gasteiger partial charge in [0.05, 0.1) is 11.4 Å². The summed E-state index contributed by atoms with van der Waals surface area (Å²) in [6, 6.07) is 4.60. The van der Waals surface area contributed by atoms with Crippen LogP contribution in [-0.4, -0.2) is 71.9 Å². The van der Waals surface area contributed by atoms with Crippen LogP contribution in [0.15, 0.2) is 18.5 Å². The molecule has 37 heavy (non-hydrogen) atoms. The maximum absolute atomic E-state index is 13.3. The predicted molar refractivity (Wildman–Crippen MR) is 121 cm³/mol. The Labute approximate surface area is 210 Å². The summed E-state index contributed by atoms with van der Waals surface area (Å²) in [5.41, 5.74) is -1.80. The van der Waals surface area contributed by atoms with E-state index in [1.54, 1.807) is 11.0 Å². The third kappa shape index (κ3) is 4.77. The molecule has 2 aromatic heterocycles. The first-order valence-electron chi connectivity index (χ1n) is 12.2. The number of aromatic amines is 1. The van der Waals surface area contributed by atoms with E-state index in [1.807, 2.05) is 6.07 Å². The molecule has 1 spiro atoms. The fourth-order valence-corrected chi connectivity index (χ4v) is 5.46. The van der Waals surface area contributed by atoms with E-state index < -0.39 is 36.2 Å². The van der Waals surface area contributed by atoms with E-state index in [9.17, 15) is 27.9 Å². The number of nitrogens with zero attached hydrogens (tertiary/aromatic N) is 5. The summed E-state index contributed by atoms with van der Waals surface area (Å²) >= 11 is 0. The van der Waals surface area contributed by atoms with Crippen LogP contribution in [0.25, 0.3) is 11.4 Å². The number of nitriles is 1. The highest BCUT2D eigenvalue weighted by Crippen LogP contribution is 2.50. The van der Waals surface area contributed by atoms with Gasteiger partial charge in [-0.1, -0.05) is 0 Å². The monoisotopic (exact) mass is 517 g/mol. The highest BCUT2D eigenvalue weighted by Gasteiger charge is 2.56. The molecule has 13 heteroatoms. The number of piperidine rings is 1. The number of carbonyl (C=O) groups excluding carboxylic acids is 2. The molecule has 3 heterocycles. The van der Waals surface area contributed by atoms with Crippen molar-refractivity contribution in [2.45, 2.75) is 74.7 Å². The standard InChI is InChI=1S/C24H26F3N7O3/c25-24(26,27)23(37)4-1-15(2-5-23)31-20(35)14-3-8-34(22(11-14)6-7-22)21(36)19-10-18(32-33-19)17-9-16(12-28)29-13-30-17/h9-10,13-15,37H,1-8,11H2,(H,31,35)(H,32,33)/t14-,15?,23?/m1/s1. The van der Waals surface area contributed by atoms with Crippen molar-refractivity contribution in [1.29, 1.82) is 5.26 Å². The van der Waals surface area contributed by atoms with E-state index in [0.717, 1.165) is 12.8 Å². The number of H-pyrrole nitrogens is 1. The Morgan fingerprint density at radius 2 is 1.89 bits per heavy atom. The Balaban J connectivity index is 1.19. The first-order valence-corrected chi connectivity index (χ1v) is 12.2. The Hall–Kier alpha value is -3.53. The van der Waals surface area contributed by atoms with E-state index >= 15 is 0 Å². The molecule has 2 aliphatic carbocycles. The second-order valence-corrected chi connectivity index (χ2v) is 10.3. The number of alkyl halides is 3. The Morgan fingerprint density at radius 3 is 2.54 bits per heavy atom. The molecule has 0 bridgehead atoms. The third-order valence-corrected chi connectivity index (χ3v) is 7.88. The van der Waals surface area contributed by atoms with Crippen molar-refractivity contribution in [3.63, 3.8) is 0 Å². The number of likely N-dealkylation sites (tertiary alicyclic amines) is 1. The molecule has 0 unspecified atom stereocenters. The Morgan fingerprint density at radius 1 is 1.16 bits per heavy atom. The lowest BCUT2D eigenvalue weighted by molar-refractivity contribution is -0.270. The van der Waals surface area contributed by atoms with E-state index in [2.05, 4.69) is 25.5 Å². The normalized spacial score (nSPS) is 26.9. The van der Waals surface area contributed by atoms with Crippen molar-refractivity contribution in [3.05, 3.63) is 29.8 Å². The van der Waals surface area contributed by atoms with Crippen molar-refractivity contribution in [2.75, 3.05) is 6.54 Å². The van der Waals surface area contributed by atoms with Gasteiger partial charge in [0, 0.05) is 30.1 Å². The first kappa shape index (κ1) is 25.1. The number of aliphatic hydroxyl groups is 1. The van der Waals surface area contributed by atoms with Gasteiger partial charge in [0.25, 0.3) is 5.91 Å². The van der Waals surface area contributed by atoms with Gasteiger partial charge in [0.15, 0.2) is 11.3 Å². The average molecular weight is 518 g/mol. The smallest absolute Gasteiger partial charge is 0.380 e. The van der Waals surface area contributed by atoms with Gasteiger partial charge in [-0.15, -0.1) is 0 Å². The lowest BCUT2D eigenvalue weighted by atomic mass is 9.81. The molecule has 196 valence electrons. The lowest BCUT2D eigenvalue weighted by Gasteiger charge is -2.41. The van der Waals surface area contributed by atoms with Crippen LogP contribution in [0.5, 0.6) is 0 Å². The van der Waals surface area contributed by atoms with Crippen LogP contribution < -0.4 is 5.32 Å². The van der Waals surface area contributed by atoms with Crippen molar-refractivity contribution >= 4 is 11.8 Å². The molecule has 2 saturated carbocycles. The Kier molecular flexibility index (Phi) is 6.18. The van der Waals surface area contributed by atoms with E-state index in [0.29, 0.717) is 30.8 Å². The van der Waals surface area contributed by atoms with Gasteiger partial charge < -0.3 is 15.3 Å².